The van der Waals surface area contributed by atoms with Crippen LogP contribution in [-0.2, 0) is 0 Å². The van der Waals surface area contributed by atoms with Gasteiger partial charge in [0.15, 0.2) is 11.6 Å². The summed E-state index contributed by atoms with van der Waals surface area (Å²) in [5.41, 5.74) is 0. The predicted molar refractivity (Wildman–Crippen MR) is 56.2 cm³/mol. The lowest BCUT2D eigenvalue weighted by Gasteiger charge is -2.04. The van der Waals surface area contributed by atoms with Crippen LogP contribution >= 0.6 is 15.9 Å². The van der Waals surface area contributed by atoms with E-state index in [1.165, 1.54) is 24.7 Å². The Morgan fingerprint density at radius 2 is 2.13 bits per heavy atom. The number of aromatic nitrogens is 2. The minimum atomic E-state index is -0.442. The zero-order valence-corrected chi connectivity index (χ0v) is 9.11. The first-order chi connectivity index (χ1) is 7.25. The summed E-state index contributed by atoms with van der Waals surface area (Å²) in [4.78, 5) is 7.56. The molecule has 0 aliphatic rings. The van der Waals surface area contributed by atoms with Crippen LogP contribution in [0.25, 0.3) is 0 Å². The first-order valence-corrected chi connectivity index (χ1v) is 4.94. The highest BCUT2D eigenvalue weighted by molar-refractivity contribution is 9.10. The van der Waals surface area contributed by atoms with Crippen molar-refractivity contribution in [3.05, 3.63) is 47.1 Å². The Hall–Kier alpha value is -1.49. The fourth-order valence-electron chi connectivity index (χ4n) is 1.01. The zero-order valence-electron chi connectivity index (χ0n) is 7.52. The van der Waals surface area contributed by atoms with Gasteiger partial charge in [-0.1, -0.05) is 15.9 Å². The average Bonchev–Trinajstić information content (AvgIpc) is 2.24. The van der Waals surface area contributed by atoms with Gasteiger partial charge in [0, 0.05) is 16.7 Å². The Morgan fingerprint density at radius 1 is 1.27 bits per heavy atom. The summed E-state index contributed by atoms with van der Waals surface area (Å²) in [6.45, 7) is 0. The van der Waals surface area contributed by atoms with Gasteiger partial charge in [-0.3, -0.25) is 0 Å². The van der Waals surface area contributed by atoms with E-state index in [1.807, 2.05) is 0 Å². The largest absolute Gasteiger partial charge is 0.436 e. The van der Waals surface area contributed by atoms with Gasteiger partial charge < -0.3 is 4.74 Å². The highest BCUT2D eigenvalue weighted by atomic mass is 79.9. The van der Waals surface area contributed by atoms with Crippen molar-refractivity contribution in [2.24, 2.45) is 0 Å². The molecule has 5 heteroatoms. The third-order valence-electron chi connectivity index (χ3n) is 1.66. The number of nitrogens with zero attached hydrogens (tertiary/aromatic N) is 2. The van der Waals surface area contributed by atoms with Crippen LogP contribution < -0.4 is 4.74 Å². The molecule has 0 aliphatic carbocycles. The fourth-order valence-corrected chi connectivity index (χ4v) is 1.34. The maximum atomic E-state index is 13.3. The maximum absolute atomic E-state index is 13.3. The molecule has 1 aromatic carbocycles. The number of hydrogen-bond acceptors (Lipinski definition) is 3. The third kappa shape index (κ3) is 2.50. The normalized spacial score (nSPS) is 10.0. The molecule has 0 radical (unpaired) electrons. The minimum Gasteiger partial charge on any atom is -0.436 e. The van der Waals surface area contributed by atoms with Crippen LogP contribution in [0, 0.1) is 5.82 Å². The molecule has 1 heterocycles. The van der Waals surface area contributed by atoms with Crippen LogP contribution in [0.5, 0.6) is 11.6 Å². The fraction of sp³-hybridized carbons (Fsp3) is 0. The van der Waals surface area contributed by atoms with Gasteiger partial charge >= 0.3 is 0 Å². The van der Waals surface area contributed by atoms with E-state index in [0.29, 0.717) is 10.4 Å². The molecule has 15 heavy (non-hydrogen) atoms. The molecule has 0 saturated carbocycles. The molecule has 0 N–H and O–H groups in total. The predicted octanol–water partition coefficient (Wildman–Crippen LogP) is 3.17. The van der Waals surface area contributed by atoms with Crippen molar-refractivity contribution in [2.45, 2.75) is 0 Å². The highest BCUT2D eigenvalue weighted by Gasteiger charge is 2.05. The molecule has 1 aromatic heterocycles. The van der Waals surface area contributed by atoms with E-state index < -0.39 is 5.82 Å². The van der Waals surface area contributed by atoms with E-state index in [2.05, 4.69) is 25.9 Å². The second-order valence-electron chi connectivity index (χ2n) is 2.72. The number of rotatable bonds is 2. The summed E-state index contributed by atoms with van der Waals surface area (Å²) in [5.74, 6) is 0.00566. The monoisotopic (exact) mass is 268 g/mol. The van der Waals surface area contributed by atoms with Crippen LogP contribution in [0.3, 0.4) is 0 Å². The molecule has 2 aromatic rings. The smallest absolute Gasteiger partial charge is 0.222 e. The van der Waals surface area contributed by atoms with Gasteiger partial charge in [0.25, 0.3) is 0 Å². The van der Waals surface area contributed by atoms with Crippen LogP contribution in [-0.4, -0.2) is 9.97 Å². The summed E-state index contributed by atoms with van der Waals surface area (Å²) in [7, 11) is 0. The molecule has 0 spiro atoms. The Labute approximate surface area is 94.1 Å². The molecule has 0 aliphatic heterocycles. The molecule has 76 valence electrons. The van der Waals surface area contributed by atoms with Crippen LogP contribution in [0.2, 0.25) is 0 Å². The van der Waals surface area contributed by atoms with Crippen molar-refractivity contribution < 1.29 is 9.13 Å². The summed E-state index contributed by atoms with van der Waals surface area (Å²) in [6, 6.07) is 6.11. The molecule has 0 fully saturated rings. The minimum absolute atomic E-state index is 0.136. The number of benzene rings is 1. The van der Waals surface area contributed by atoms with Gasteiger partial charge in [-0.2, -0.15) is 0 Å². The van der Waals surface area contributed by atoms with Crippen LogP contribution in [0.4, 0.5) is 4.39 Å². The zero-order chi connectivity index (χ0) is 10.7. The van der Waals surface area contributed by atoms with Gasteiger partial charge in [-0.25, -0.2) is 14.4 Å². The molecule has 0 amide bonds. The molecule has 0 bridgehead atoms. The Morgan fingerprint density at radius 3 is 2.80 bits per heavy atom. The Bertz CT molecular complexity index is 464. The van der Waals surface area contributed by atoms with Crippen molar-refractivity contribution >= 4 is 15.9 Å². The van der Waals surface area contributed by atoms with Crippen molar-refractivity contribution in [2.75, 3.05) is 0 Å². The summed E-state index contributed by atoms with van der Waals surface area (Å²) in [5, 5.41) is 0. The second kappa shape index (κ2) is 4.35. The van der Waals surface area contributed by atoms with Crippen molar-refractivity contribution in [1.29, 1.82) is 0 Å². The van der Waals surface area contributed by atoms with Crippen molar-refractivity contribution in [1.82, 2.24) is 9.97 Å². The third-order valence-corrected chi connectivity index (χ3v) is 2.16. The van der Waals surface area contributed by atoms with E-state index in [0.717, 1.165) is 0 Å². The molecule has 0 atom stereocenters. The average molecular weight is 269 g/mol. The van der Waals surface area contributed by atoms with E-state index in [-0.39, 0.29) is 5.75 Å². The van der Waals surface area contributed by atoms with Crippen LogP contribution in [0.15, 0.2) is 41.3 Å². The SMILES string of the molecule is Fc1cc(Br)ccc1Oc1ccncn1. The first kappa shape index (κ1) is 10.0. The molecule has 0 saturated heterocycles. The van der Waals surface area contributed by atoms with Gasteiger partial charge in [-0.15, -0.1) is 0 Å². The summed E-state index contributed by atoms with van der Waals surface area (Å²) < 4.78 is 19.2. The first-order valence-electron chi connectivity index (χ1n) is 4.14. The Kier molecular flexibility index (Phi) is 2.91. The summed E-state index contributed by atoms with van der Waals surface area (Å²) >= 11 is 3.16. The van der Waals surface area contributed by atoms with Crippen LogP contribution in [0.1, 0.15) is 0 Å². The second-order valence-corrected chi connectivity index (χ2v) is 3.64. The molecular formula is C10H6BrFN2O. The standard InChI is InChI=1S/C10H6BrFN2O/c11-7-1-2-9(8(12)5-7)15-10-3-4-13-6-14-10/h1-6H. The quantitative estimate of drug-likeness (QED) is 0.839. The van der Waals surface area contributed by atoms with Gasteiger partial charge in [0.2, 0.25) is 5.88 Å². The van der Waals surface area contributed by atoms with Gasteiger partial charge in [0.05, 0.1) is 0 Å². The molecule has 3 nitrogen and oxygen atoms in total. The highest BCUT2D eigenvalue weighted by Crippen LogP contribution is 2.25. The number of ether oxygens (including phenoxy) is 1. The topological polar surface area (TPSA) is 35.0 Å². The molecular weight excluding hydrogens is 263 g/mol. The van der Waals surface area contributed by atoms with E-state index in [4.69, 9.17) is 4.74 Å². The van der Waals surface area contributed by atoms with E-state index in [9.17, 15) is 4.39 Å². The van der Waals surface area contributed by atoms with E-state index in [1.54, 1.807) is 12.1 Å². The molecule has 2 rings (SSSR count). The number of halogens is 2. The van der Waals surface area contributed by atoms with Crippen molar-refractivity contribution in [3.63, 3.8) is 0 Å². The number of hydrogen-bond donors (Lipinski definition) is 0. The molecule has 0 unspecified atom stereocenters. The van der Waals surface area contributed by atoms with Crippen molar-refractivity contribution in [3.8, 4) is 11.6 Å². The Balaban J connectivity index is 2.25. The van der Waals surface area contributed by atoms with E-state index >= 15 is 0 Å². The summed E-state index contributed by atoms with van der Waals surface area (Å²) in [6.07, 6.45) is 2.87. The lowest BCUT2D eigenvalue weighted by Crippen LogP contribution is -1.90. The van der Waals surface area contributed by atoms with Gasteiger partial charge in [-0.05, 0) is 18.2 Å². The van der Waals surface area contributed by atoms with Gasteiger partial charge in [0.1, 0.15) is 6.33 Å². The lowest BCUT2D eigenvalue weighted by molar-refractivity contribution is 0.426. The maximum Gasteiger partial charge on any atom is 0.222 e. The lowest BCUT2D eigenvalue weighted by atomic mass is 10.3.